The molecule has 0 saturated carbocycles. The van der Waals surface area contributed by atoms with Gasteiger partial charge in [0, 0.05) is 40.0 Å². The van der Waals surface area contributed by atoms with Crippen molar-refractivity contribution in [3.8, 4) is 5.75 Å². The summed E-state index contributed by atoms with van der Waals surface area (Å²) < 4.78 is 13.4. The minimum Gasteiger partial charge on any atom is -0.508 e. The van der Waals surface area contributed by atoms with E-state index in [1.165, 1.54) is 30.3 Å². The zero-order valence-corrected chi connectivity index (χ0v) is 19.1. The molecule has 0 saturated heterocycles. The smallest absolute Gasteiger partial charge is 0.258 e. The SMILES string of the molecule is CCC(=O)N(c1ccc(Cl)cc1)[C@@H]1C[C@H](C)N(C(=O)c2ccc(F)cc2)c2ccc(O)cc21. The second-order valence-corrected chi connectivity index (χ2v) is 8.56. The molecule has 2 atom stereocenters. The molecule has 0 unspecified atom stereocenters. The number of hydrogen-bond donors (Lipinski definition) is 1. The zero-order valence-electron chi connectivity index (χ0n) is 18.3. The van der Waals surface area contributed by atoms with Crippen molar-refractivity contribution >= 4 is 34.8 Å². The Labute approximate surface area is 197 Å². The zero-order chi connectivity index (χ0) is 23.7. The van der Waals surface area contributed by atoms with Crippen molar-refractivity contribution in [1.82, 2.24) is 0 Å². The predicted octanol–water partition coefficient (Wildman–Crippen LogP) is 6.11. The first kappa shape index (κ1) is 22.8. The summed E-state index contributed by atoms with van der Waals surface area (Å²) in [6, 6.07) is 16.6. The number of hydrogen-bond acceptors (Lipinski definition) is 3. The van der Waals surface area contributed by atoms with Gasteiger partial charge in [0.25, 0.3) is 5.91 Å². The normalized spacial score (nSPS) is 17.4. The Hall–Kier alpha value is -3.38. The van der Waals surface area contributed by atoms with Crippen LogP contribution < -0.4 is 9.80 Å². The molecule has 0 aliphatic carbocycles. The fourth-order valence-electron chi connectivity index (χ4n) is 4.38. The fraction of sp³-hybridized carbons (Fsp3) is 0.231. The van der Waals surface area contributed by atoms with Gasteiger partial charge >= 0.3 is 0 Å². The average Bonchev–Trinajstić information content (AvgIpc) is 2.80. The molecular formula is C26H24ClFN2O3. The number of carbonyl (C=O) groups is 2. The van der Waals surface area contributed by atoms with Gasteiger partial charge in [-0.3, -0.25) is 9.59 Å². The number of rotatable bonds is 4. The third kappa shape index (κ3) is 4.44. The molecule has 1 aliphatic rings. The van der Waals surface area contributed by atoms with E-state index in [0.29, 0.717) is 40.4 Å². The van der Waals surface area contributed by atoms with Crippen LogP contribution in [0.4, 0.5) is 15.8 Å². The number of benzene rings is 3. The van der Waals surface area contributed by atoms with E-state index in [9.17, 15) is 19.1 Å². The molecule has 0 fully saturated rings. The van der Waals surface area contributed by atoms with Crippen molar-refractivity contribution in [2.45, 2.75) is 38.8 Å². The standard InChI is InChI=1S/C26H24ClFN2O3/c1-3-25(32)30(20-10-6-18(27)7-11-20)24-14-16(2)29(23-13-12-21(31)15-22(23)24)26(33)17-4-8-19(28)9-5-17/h4-13,15-16,24,31H,3,14H2,1-2H3/t16-,24+/m0/s1. The maximum atomic E-state index is 13.4. The molecule has 1 heterocycles. The first-order valence-corrected chi connectivity index (χ1v) is 11.2. The number of amides is 2. The Morgan fingerprint density at radius 1 is 1.09 bits per heavy atom. The maximum Gasteiger partial charge on any atom is 0.258 e. The lowest BCUT2D eigenvalue weighted by Gasteiger charge is -2.43. The minimum absolute atomic E-state index is 0.0440. The van der Waals surface area contributed by atoms with Crippen LogP contribution >= 0.6 is 11.6 Å². The van der Waals surface area contributed by atoms with E-state index in [-0.39, 0.29) is 23.6 Å². The van der Waals surface area contributed by atoms with Crippen LogP contribution in [0, 0.1) is 5.82 Å². The Morgan fingerprint density at radius 3 is 2.39 bits per heavy atom. The molecular weight excluding hydrogens is 443 g/mol. The van der Waals surface area contributed by atoms with Crippen molar-refractivity contribution in [3.63, 3.8) is 0 Å². The van der Waals surface area contributed by atoms with Gasteiger partial charge < -0.3 is 14.9 Å². The quantitative estimate of drug-likeness (QED) is 0.504. The van der Waals surface area contributed by atoms with Crippen LogP contribution in [-0.2, 0) is 4.79 Å². The molecule has 0 aromatic heterocycles. The monoisotopic (exact) mass is 466 g/mol. The summed E-state index contributed by atoms with van der Waals surface area (Å²) in [7, 11) is 0. The highest BCUT2D eigenvalue weighted by molar-refractivity contribution is 6.30. The first-order chi connectivity index (χ1) is 15.8. The number of anilines is 2. The number of nitrogens with zero attached hydrogens (tertiary/aromatic N) is 2. The summed E-state index contributed by atoms with van der Waals surface area (Å²) in [4.78, 5) is 29.8. The second-order valence-electron chi connectivity index (χ2n) is 8.12. The van der Waals surface area contributed by atoms with Crippen LogP contribution in [0.2, 0.25) is 5.02 Å². The third-order valence-corrected chi connectivity index (χ3v) is 6.18. The fourth-order valence-corrected chi connectivity index (χ4v) is 4.50. The Bertz CT molecular complexity index is 1180. The molecule has 0 bridgehead atoms. The van der Waals surface area contributed by atoms with Gasteiger partial charge in [-0.05, 0) is 80.1 Å². The van der Waals surface area contributed by atoms with Gasteiger partial charge in [-0.1, -0.05) is 18.5 Å². The average molecular weight is 467 g/mol. The van der Waals surface area contributed by atoms with E-state index in [4.69, 9.17) is 11.6 Å². The number of carbonyl (C=O) groups excluding carboxylic acids is 2. The molecule has 3 aromatic carbocycles. The van der Waals surface area contributed by atoms with Crippen molar-refractivity contribution in [1.29, 1.82) is 0 Å². The number of halogens is 2. The minimum atomic E-state index is -0.416. The summed E-state index contributed by atoms with van der Waals surface area (Å²) in [6.45, 7) is 3.71. The molecule has 0 radical (unpaired) electrons. The molecule has 1 N–H and O–H groups in total. The van der Waals surface area contributed by atoms with Gasteiger partial charge in [-0.25, -0.2) is 4.39 Å². The van der Waals surface area contributed by atoms with Crippen LogP contribution in [0.5, 0.6) is 5.75 Å². The largest absolute Gasteiger partial charge is 0.508 e. The summed E-state index contributed by atoms with van der Waals surface area (Å²) in [6.07, 6.45) is 0.748. The van der Waals surface area contributed by atoms with Crippen molar-refractivity contribution in [2.24, 2.45) is 0 Å². The van der Waals surface area contributed by atoms with E-state index in [2.05, 4.69) is 0 Å². The van der Waals surface area contributed by atoms with Crippen LogP contribution in [0.1, 0.15) is 48.7 Å². The highest BCUT2D eigenvalue weighted by Gasteiger charge is 2.38. The summed E-state index contributed by atoms with van der Waals surface area (Å²) >= 11 is 6.06. The number of fused-ring (bicyclic) bond motifs is 1. The van der Waals surface area contributed by atoms with Crippen LogP contribution in [0.25, 0.3) is 0 Å². The van der Waals surface area contributed by atoms with Gasteiger partial charge in [0.15, 0.2) is 0 Å². The second kappa shape index (κ2) is 9.24. The lowest BCUT2D eigenvalue weighted by atomic mass is 9.89. The van der Waals surface area contributed by atoms with Crippen LogP contribution in [0.15, 0.2) is 66.7 Å². The van der Waals surface area contributed by atoms with Gasteiger partial charge in [-0.2, -0.15) is 0 Å². The summed E-state index contributed by atoms with van der Waals surface area (Å²) in [5.74, 6) is -0.724. The van der Waals surface area contributed by atoms with Crippen molar-refractivity contribution in [2.75, 3.05) is 9.80 Å². The van der Waals surface area contributed by atoms with E-state index in [1.807, 2.05) is 6.92 Å². The molecule has 3 aromatic rings. The summed E-state index contributed by atoms with van der Waals surface area (Å²) in [5.41, 5.74) is 2.32. The third-order valence-electron chi connectivity index (χ3n) is 5.93. The molecule has 4 rings (SSSR count). The highest BCUT2D eigenvalue weighted by atomic mass is 35.5. The number of aromatic hydroxyl groups is 1. The van der Waals surface area contributed by atoms with E-state index in [0.717, 1.165) is 0 Å². The molecule has 33 heavy (non-hydrogen) atoms. The predicted molar refractivity (Wildman–Crippen MR) is 127 cm³/mol. The Kier molecular flexibility index (Phi) is 6.38. The number of phenols is 1. The molecule has 2 amide bonds. The first-order valence-electron chi connectivity index (χ1n) is 10.8. The van der Waals surface area contributed by atoms with Crippen molar-refractivity contribution in [3.05, 3.63) is 88.7 Å². The Balaban J connectivity index is 1.82. The van der Waals surface area contributed by atoms with E-state index in [1.54, 1.807) is 53.1 Å². The van der Waals surface area contributed by atoms with Crippen LogP contribution in [-0.4, -0.2) is 23.0 Å². The molecule has 170 valence electrons. The topological polar surface area (TPSA) is 60.9 Å². The van der Waals surface area contributed by atoms with E-state index >= 15 is 0 Å². The van der Waals surface area contributed by atoms with Gasteiger partial charge in [0.2, 0.25) is 5.91 Å². The molecule has 5 nitrogen and oxygen atoms in total. The molecule has 1 aliphatic heterocycles. The van der Waals surface area contributed by atoms with Crippen LogP contribution in [0.3, 0.4) is 0 Å². The number of phenolic OH excluding ortho intramolecular Hbond substituents is 1. The maximum absolute atomic E-state index is 13.4. The molecule has 7 heteroatoms. The lowest BCUT2D eigenvalue weighted by Crippen LogP contribution is -2.47. The highest BCUT2D eigenvalue weighted by Crippen LogP contribution is 2.44. The van der Waals surface area contributed by atoms with Gasteiger partial charge in [0.05, 0.1) is 6.04 Å². The van der Waals surface area contributed by atoms with Gasteiger partial charge in [0.1, 0.15) is 11.6 Å². The molecule has 0 spiro atoms. The van der Waals surface area contributed by atoms with Gasteiger partial charge in [-0.15, -0.1) is 0 Å². The van der Waals surface area contributed by atoms with Crippen molar-refractivity contribution < 1.29 is 19.1 Å². The lowest BCUT2D eigenvalue weighted by molar-refractivity contribution is -0.118. The summed E-state index contributed by atoms with van der Waals surface area (Å²) in [5, 5.41) is 10.8. The Morgan fingerprint density at radius 2 is 1.76 bits per heavy atom. The van der Waals surface area contributed by atoms with E-state index < -0.39 is 11.9 Å².